The molecular formula is C12H26BrN4P. The van der Waals surface area contributed by atoms with Crippen molar-refractivity contribution < 1.29 is 17.0 Å². The predicted octanol–water partition coefficient (Wildman–Crippen LogP) is -1.09. The third kappa shape index (κ3) is 2.63. The highest BCUT2D eigenvalue weighted by atomic mass is 79.9. The molecule has 0 saturated carbocycles. The Kier molecular flexibility index (Phi) is 5.44. The summed E-state index contributed by atoms with van der Waals surface area (Å²) in [6, 6.07) is 0. The minimum atomic E-state index is -1.61. The van der Waals surface area contributed by atoms with Crippen LogP contribution in [0.15, 0.2) is 0 Å². The van der Waals surface area contributed by atoms with Crippen molar-refractivity contribution in [2.75, 3.05) is 39.3 Å². The van der Waals surface area contributed by atoms with Gasteiger partial charge >= 0.3 is 7.87 Å². The van der Waals surface area contributed by atoms with E-state index in [1.165, 1.54) is 77.8 Å². The van der Waals surface area contributed by atoms with Gasteiger partial charge in [0.1, 0.15) is 0 Å². The van der Waals surface area contributed by atoms with Crippen molar-refractivity contribution in [3.05, 3.63) is 0 Å². The topological polar surface area (TPSA) is 35.7 Å². The molecule has 18 heavy (non-hydrogen) atoms. The van der Waals surface area contributed by atoms with E-state index in [0.717, 1.165) is 0 Å². The molecule has 6 heteroatoms. The van der Waals surface area contributed by atoms with E-state index in [4.69, 9.17) is 5.50 Å². The van der Waals surface area contributed by atoms with E-state index >= 15 is 0 Å². The Hall–Kier alpha value is 0.750. The lowest BCUT2D eigenvalue weighted by molar-refractivity contribution is -0.00000402. The standard InChI is InChI=1S/C12H26N4P.BrH/c13-17(14-7-1-2-8-14,15-9-3-4-10-15)16-11-5-6-12-16;/h1-13H2;1H/q+1;/p-1. The smallest absolute Gasteiger partial charge is 0.303 e. The van der Waals surface area contributed by atoms with Gasteiger partial charge in [-0.3, -0.25) is 0 Å². The Labute approximate surface area is 122 Å². The van der Waals surface area contributed by atoms with Gasteiger partial charge in [0.25, 0.3) is 0 Å². The minimum absolute atomic E-state index is 0. The monoisotopic (exact) mass is 336 g/mol. The molecule has 0 spiro atoms. The van der Waals surface area contributed by atoms with Gasteiger partial charge in [0, 0.05) is 39.3 Å². The van der Waals surface area contributed by atoms with Crippen LogP contribution in [0.2, 0.25) is 0 Å². The van der Waals surface area contributed by atoms with Gasteiger partial charge in [-0.1, -0.05) is 0 Å². The molecule has 0 aliphatic carbocycles. The van der Waals surface area contributed by atoms with Gasteiger partial charge in [0.15, 0.2) is 0 Å². The van der Waals surface area contributed by atoms with Crippen LogP contribution in [0.25, 0.3) is 0 Å². The molecule has 3 rings (SSSR count). The Balaban J connectivity index is 0.00000120. The van der Waals surface area contributed by atoms with Crippen LogP contribution in [0, 0.1) is 0 Å². The molecule has 3 aliphatic rings. The maximum Gasteiger partial charge on any atom is 0.303 e. The molecule has 0 aromatic carbocycles. The van der Waals surface area contributed by atoms with Crippen molar-refractivity contribution in [1.29, 1.82) is 0 Å². The maximum atomic E-state index is 7.00. The summed E-state index contributed by atoms with van der Waals surface area (Å²) in [6.45, 7) is 7.40. The van der Waals surface area contributed by atoms with Gasteiger partial charge in [0.05, 0.1) is 0 Å². The van der Waals surface area contributed by atoms with Gasteiger partial charge in [-0.2, -0.15) is 5.50 Å². The zero-order valence-corrected chi connectivity index (χ0v) is 13.7. The molecule has 0 atom stereocenters. The normalized spacial score (nSPS) is 27.8. The lowest BCUT2D eigenvalue weighted by Crippen LogP contribution is -3.00. The average Bonchev–Trinajstić information content (AvgIpc) is 3.10. The summed E-state index contributed by atoms with van der Waals surface area (Å²) in [5.41, 5.74) is 7.00. The molecule has 0 unspecified atom stereocenters. The third-order valence-corrected chi connectivity index (χ3v) is 8.19. The van der Waals surface area contributed by atoms with Crippen LogP contribution < -0.4 is 22.5 Å². The van der Waals surface area contributed by atoms with Crippen LogP contribution in [0.5, 0.6) is 0 Å². The largest absolute Gasteiger partial charge is 1.00 e. The zero-order valence-electron chi connectivity index (χ0n) is 11.2. The molecular weight excluding hydrogens is 311 g/mol. The molecule has 3 saturated heterocycles. The molecule has 0 radical (unpaired) electrons. The molecule has 0 bridgehead atoms. The average molecular weight is 337 g/mol. The fraction of sp³-hybridized carbons (Fsp3) is 1.00. The van der Waals surface area contributed by atoms with Crippen LogP contribution in [0.3, 0.4) is 0 Å². The first kappa shape index (κ1) is 15.1. The maximum absolute atomic E-state index is 7.00. The first-order valence-corrected chi connectivity index (χ1v) is 8.97. The van der Waals surface area contributed by atoms with Crippen LogP contribution in [0.4, 0.5) is 0 Å². The van der Waals surface area contributed by atoms with Crippen LogP contribution in [-0.2, 0) is 0 Å². The van der Waals surface area contributed by atoms with Crippen molar-refractivity contribution in [1.82, 2.24) is 14.0 Å². The number of hydrogen-bond acceptors (Lipinski definition) is 4. The van der Waals surface area contributed by atoms with Gasteiger partial charge in [0.2, 0.25) is 0 Å². The second-order valence-electron chi connectivity index (χ2n) is 5.60. The van der Waals surface area contributed by atoms with E-state index in [2.05, 4.69) is 14.0 Å². The summed E-state index contributed by atoms with van der Waals surface area (Å²) in [6.07, 6.45) is 8.09. The molecule has 4 nitrogen and oxygen atoms in total. The van der Waals surface area contributed by atoms with Gasteiger partial charge in [-0.15, -0.1) is 14.0 Å². The van der Waals surface area contributed by atoms with Crippen molar-refractivity contribution in [2.24, 2.45) is 5.50 Å². The van der Waals surface area contributed by atoms with Crippen molar-refractivity contribution in [3.8, 4) is 0 Å². The zero-order chi connectivity index (χ0) is 11.7. The van der Waals surface area contributed by atoms with E-state index in [1.54, 1.807) is 0 Å². The van der Waals surface area contributed by atoms with Crippen molar-refractivity contribution in [2.45, 2.75) is 38.5 Å². The SMILES string of the molecule is N[P+](N1CCCC1)(N1CCCC1)N1CCCC1.[Br-]. The molecule has 0 aromatic heterocycles. The Bertz CT molecular complexity index is 220. The number of nitrogens with zero attached hydrogens (tertiary/aromatic N) is 3. The molecule has 0 aromatic rings. The van der Waals surface area contributed by atoms with E-state index in [1.807, 2.05) is 0 Å². The van der Waals surface area contributed by atoms with Crippen molar-refractivity contribution in [3.63, 3.8) is 0 Å². The highest BCUT2D eigenvalue weighted by molar-refractivity contribution is 7.66. The lowest BCUT2D eigenvalue weighted by Gasteiger charge is -2.40. The quantitative estimate of drug-likeness (QED) is 0.665. The summed E-state index contributed by atoms with van der Waals surface area (Å²) < 4.78 is 7.93. The van der Waals surface area contributed by atoms with Crippen molar-refractivity contribution >= 4 is 7.87 Å². The van der Waals surface area contributed by atoms with Gasteiger partial charge in [-0.25, -0.2) is 0 Å². The fourth-order valence-corrected chi connectivity index (χ4v) is 7.21. The van der Waals surface area contributed by atoms with E-state index in [-0.39, 0.29) is 17.0 Å². The number of nitrogens with two attached hydrogens (primary N) is 1. The Morgan fingerprint density at radius 1 is 0.556 bits per heavy atom. The highest BCUT2D eigenvalue weighted by Crippen LogP contribution is 2.63. The predicted molar refractivity (Wildman–Crippen MR) is 73.5 cm³/mol. The van der Waals surface area contributed by atoms with Gasteiger partial charge < -0.3 is 17.0 Å². The second kappa shape index (κ2) is 6.47. The number of rotatable bonds is 3. The summed E-state index contributed by atoms with van der Waals surface area (Å²) in [7, 11) is -1.61. The second-order valence-corrected chi connectivity index (χ2v) is 8.52. The van der Waals surface area contributed by atoms with Gasteiger partial charge in [-0.05, 0) is 38.5 Å². The van der Waals surface area contributed by atoms with E-state index in [9.17, 15) is 0 Å². The number of halogens is 1. The number of hydrogen-bond donors (Lipinski definition) is 1. The fourth-order valence-electron chi connectivity index (χ4n) is 3.52. The highest BCUT2D eigenvalue weighted by Gasteiger charge is 2.55. The molecule has 3 aliphatic heterocycles. The summed E-state index contributed by atoms with van der Waals surface area (Å²) in [5.74, 6) is 0. The Morgan fingerprint density at radius 2 is 0.778 bits per heavy atom. The molecule has 3 heterocycles. The molecule has 0 amide bonds. The molecule has 106 valence electrons. The lowest BCUT2D eigenvalue weighted by atomic mass is 10.4. The summed E-state index contributed by atoms with van der Waals surface area (Å²) in [4.78, 5) is 0. The third-order valence-electron chi connectivity index (χ3n) is 4.50. The first-order chi connectivity index (χ1) is 8.32. The van der Waals surface area contributed by atoms with Crippen LogP contribution in [-0.4, -0.2) is 53.3 Å². The summed E-state index contributed by atoms with van der Waals surface area (Å²) >= 11 is 0. The van der Waals surface area contributed by atoms with E-state index < -0.39 is 7.87 Å². The van der Waals surface area contributed by atoms with Crippen LogP contribution in [0.1, 0.15) is 38.5 Å². The van der Waals surface area contributed by atoms with E-state index in [0.29, 0.717) is 0 Å². The Morgan fingerprint density at radius 3 is 1.00 bits per heavy atom. The molecule has 3 fully saturated rings. The minimum Gasteiger partial charge on any atom is -1.00 e. The van der Waals surface area contributed by atoms with Crippen LogP contribution >= 0.6 is 7.87 Å². The first-order valence-electron chi connectivity index (χ1n) is 7.26. The molecule has 2 N–H and O–H groups in total. The summed E-state index contributed by atoms with van der Waals surface area (Å²) in [5, 5.41) is 0.